The molecule has 5 nitrogen and oxygen atoms in total. The lowest BCUT2D eigenvalue weighted by Crippen LogP contribution is -2.54. The first kappa shape index (κ1) is 26.2. The molecule has 2 aliphatic heterocycles. The third-order valence-corrected chi connectivity index (χ3v) is 9.56. The topological polar surface area (TPSA) is 50.8 Å². The predicted octanol–water partition coefficient (Wildman–Crippen LogP) is 5.67. The average molecular weight is 505 g/mol. The van der Waals surface area contributed by atoms with Crippen LogP contribution in [0.25, 0.3) is 0 Å². The van der Waals surface area contributed by atoms with Gasteiger partial charge in [-0.05, 0) is 54.7 Å². The number of piperidine rings is 1. The highest BCUT2D eigenvalue weighted by Crippen LogP contribution is 2.44. The van der Waals surface area contributed by atoms with E-state index in [1.165, 1.54) is 43.2 Å². The smallest absolute Gasteiger partial charge is 0.228 e. The van der Waals surface area contributed by atoms with Crippen LogP contribution >= 0.6 is 0 Å². The van der Waals surface area contributed by atoms with Crippen LogP contribution in [0.5, 0.6) is 5.75 Å². The minimum absolute atomic E-state index is 0.102. The summed E-state index contributed by atoms with van der Waals surface area (Å²) in [6.45, 7) is 5.09. The first-order chi connectivity index (χ1) is 18.1. The summed E-state index contributed by atoms with van der Waals surface area (Å²) in [4.78, 5) is 16.9. The van der Waals surface area contributed by atoms with Gasteiger partial charge in [-0.2, -0.15) is 0 Å². The molecule has 1 aliphatic carbocycles. The number of nitrogens with one attached hydrogen (secondary N) is 1. The number of likely N-dealkylation sites (tertiary alicyclic amines) is 1. The van der Waals surface area contributed by atoms with Gasteiger partial charge in [0.05, 0.1) is 19.6 Å². The van der Waals surface area contributed by atoms with Gasteiger partial charge in [0.1, 0.15) is 5.75 Å². The van der Waals surface area contributed by atoms with Crippen molar-refractivity contribution in [1.82, 2.24) is 10.2 Å². The van der Waals surface area contributed by atoms with Crippen LogP contribution in [-0.2, 0) is 21.6 Å². The van der Waals surface area contributed by atoms with Crippen LogP contribution in [0.1, 0.15) is 74.5 Å². The van der Waals surface area contributed by atoms with E-state index < -0.39 is 0 Å². The quantitative estimate of drug-likeness (QED) is 0.528. The van der Waals surface area contributed by atoms with Crippen LogP contribution in [0.2, 0.25) is 0 Å². The Bertz CT molecular complexity index is 1050. The van der Waals surface area contributed by atoms with Crippen molar-refractivity contribution in [3.8, 4) is 5.75 Å². The summed E-state index contributed by atoms with van der Waals surface area (Å²) < 4.78 is 11.3. The normalized spacial score (nSPS) is 28.8. The molecule has 0 bridgehead atoms. The Morgan fingerprint density at radius 2 is 1.81 bits per heavy atom. The van der Waals surface area contributed by atoms with Crippen molar-refractivity contribution >= 4 is 5.91 Å². The Labute approximate surface area is 222 Å². The number of amides is 1. The van der Waals surface area contributed by atoms with Gasteiger partial charge in [0, 0.05) is 43.8 Å². The summed E-state index contributed by atoms with van der Waals surface area (Å²) in [5, 5.41) is 3.59. The number of ether oxygens (including phenoxy) is 2. The van der Waals surface area contributed by atoms with Crippen molar-refractivity contribution in [3.63, 3.8) is 0 Å². The van der Waals surface area contributed by atoms with Gasteiger partial charge in [0.15, 0.2) is 0 Å². The van der Waals surface area contributed by atoms with E-state index in [1.807, 2.05) is 6.07 Å². The maximum Gasteiger partial charge on any atom is 0.228 e. The zero-order valence-corrected chi connectivity index (χ0v) is 22.9. The second kappa shape index (κ2) is 11.6. The Kier molecular flexibility index (Phi) is 8.21. The Morgan fingerprint density at radius 3 is 2.54 bits per heavy atom. The average Bonchev–Trinajstić information content (AvgIpc) is 3.36. The molecule has 2 saturated heterocycles. The highest BCUT2D eigenvalue weighted by Gasteiger charge is 2.49. The SMILES string of the molecule is COCc1c(OC)cccc1C1(C)CNCC1C(=O)N1CCC(c2ccccc2)CC1C1CCCCC1. The monoisotopic (exact) mass is 504 g/mol. The fourth-order valence-corrected chi connectivity index (χ4v) is 7.52. The fraction of sp³-hybridized carbons (Fsp3) is 0.594. The number of methoxy groups -OCH3 is 2. The van der Waals surface area contributed by atoms with Crippen LogP contribution < -0.4 is 10.1 Å². The van der Waals surface area contributed by atoms with E-state index in [0.717, 1.165) is 43.8 Å². The molecule has 37 heavy (non-hydrogen) atoms. The molecule has 2 heterocycles. The number of carbonyl (C=O) groups excluding carboxylic acids is 1. The standard InChI is InChI=1S/C32H44N2O3/c1-32(27-15-10-16-30(37-3)26(27)21-36-2)22-33-20-28(32)31(35)34-18-17-25(23-11-6-4-7-12-23)19-29(34)24-13-8-5-9-14-24/h4,6-7,10-12,15-16,24-25,28-29,33H,5,8-9,13-14,17-22H2,1-3H3. The Hall–Kier alpha value is -2.37. The van der Waals surface area contributed by atoms with E-state index in [0.29, 0.717) is 30.4 Å². The molecule has 1 amide bonds. The minimum atomic E-state index is -0.313. The molecular weight excluding hydrogens is 460 g/mol. The van der Waals surface area contributed by atoms with Crippen molar-refractivity contribution in [3.05, 3.63) is 65.2 Å². The number of benzene rings is 2. The largest absolute Gasteiger partial charge is 0.496 e. The van der Waals surface area contributed by atoms with E-state index in [9.17, 15) is 4.79 Å². The van der Waals surface area contributed by atoms with E-state index in [4.69, 9.17) is 9.47 Å². The maximum absolute atomic E-state index is 14.5. The highest BCUT2D eigenvalue weighted by atomic mass is 16.5. The summed E-state index contributed by atoms with van der Waals surface area (Å²) >= 11 is 0. The van der Waals surface area contributed by atoms with Gasteiger partial charge in [-0.3, -0.25) is 4.79 Å². The van der Waals surface area contributed by atoms with Gasteiger partial charge in [-0.1, -0.05) is 68.7 Å². The molecule has 5 heteroatoms. The summed E-state index contributed by atoms with van der Waals surface area (Å²) in [7, 11) is 3.43. The lowest BCUT2D eigenvalue weighted by atomic mass is 9.70. The highest BCUT2D eigenvalue weighted by molar-refractivity contribution is 5.82. The molecule has 0 spiro atoms. The third-order valence-electron chi connectivity index (χ3n) is 9.56. The van der Waals surface area contributed by atoms with Gasteiger partial charge >= 0.3 is 0 Å². The number of hydrogen-bond acceptors (Lipinski definition) is 4. The van der Waals surface area contributed by atoms with E-state index >= 15 is 0 Å². The van der Waals surface area contributed by atoms with E-state index in [1.54, 1.807) is 14.2 Å². The van der Waals surface area contributed by atoms with Crippen LogP contribution in [0.15, 0.2) is 48.5 Å². The van der Waals surface area contributed by atoms with Gasteiger partial charge in [0.25, 0.3) is 0 Å². The zero-order chi connectivity index (χ0) is 25.8. The number of carbonyl (C=O) groups is 1. The molecule has 200 valence electrons. The van der Waals surface area contributed by atoms with Crippen molar-refractivity contribution in [1.29, 1.82) is 0 Å². The Morgan fingerprint density at radius 1 is 1.03 bits per heavy atom. The molecular formula is C32H44N2O3. The van der Waals surface area contributed by atoms with Crippen molar-refractivity contribution in [2.45, 2.75) is 75.9 Å². The first-order valence-electron chi connectivity index (χ1n) is 14.3. The molecule has 0 radical (unpaired) electrons. The molecule has 0 aromatic heterocycles. The van der Waals surface area contributed by atoms with E-state index in [-0.39, 0.29) is 11.3 Å². The second-order valence-electron chi connectivity index (χ2n) is 11.6. The number of nitrogens with zero attached hydrogens (tertiary/aromatic N) is 1. The van der Waals surface area contributed by atoms with Crippen LogP contribution in [0, 0.1) is 11.8 Å². The molecule has 1 saturated carbocycles. The van der Waals surface area contributed by atoms with Crippen molar-refractivity contribution < 1.29 is 14.3 Å². The summed E-state index contributed by atoms with van der Waals surface area (Å²) in [6, 6.07) is 17.5. The summed E-state index contributed by atoms with van der Waals surface area (Å²) in [5.41, 5.74) is 3.35. The first-order valence-corrected chi connectivity index (χ1v) is 14.3. The fourth-order valence-electron chi connectivity index (χ4n) is 7.52. The minimum Gasteiger partial charge on any atom is -0.496 e. The van der Waals surface area contributed by atoms with Gasteiger partial charge in [-0.15, -0.1) is 0 Å². The molecule has 4 unspecified atom stereocenters. The van der Waals surface area contributed by atoms with Gasteiger partial charge < -0.3 is 19.7 Å². The van der Waals surface area contributed by atoms with Crippen molar-refractivity contribution in [2.24, 2.45) is 11.8 Å². The van der Waals surface area contributed by atoms with Crippen LogP contribution in [-0.4, -0.2) is 50.7 Å². The molecule has 3 fully saturated rings. The van der Waals surface area contributed by atoms with Crippen LogP contribution in [0.3, 0.4) is 0 Å². The molecule has 5 rings (SSSR count). The summed E-state index contributed by atoms with van der Waals surface area (Å²) in [6.07, 6.45) is 8.57. The lowest BCUT2D eigenvalue weighted by molar-refractivity contribution is -0.142. The molecule has 1 N–H and O–H groups in total. The molecule has 3 aliphatic rings. The second-order valence-corrected chi connectivity index (χ2v) is 11.6. The third kappa shape index (κ3) is 5.18. The van der Waals surface area contributed by atoms with Crippen molar-refractivity contribution in [2.75, 3.05) is 33.9 Å². The van der Waals surface area contributed by atoms with Crippen LogP contribution in [0.4, 0.5) is 0 Å². The Balaban J connectivity index is 1.45. The number of rotatable bonds is 7. The lowest BCUT2D eigenvalue weighted by Gasteiger charge is -2.47. The molecule has 4 atom stereocenters. The molecule has 2 aromatic rings. The molecule has 2 aromatic carbocycles. The van der Waals surface area contributed by atoms with Gasteiger partial charge in [-0.25, -0.2) is 0 Å². The van der Waals surface area contributed by atoms with Gasteiger partial charge in [0.2, 0.25) is 5.91 Å². The van der Waals surface area contributed by atoms with E-state index in [2.05, 4.69) is 59.6 Å². The predicted molar refractivity (Wildman–Crippen MR) is 148 cm³/mol. The summed E-state index contributed by atoms with van der Waals surface area (Å²) in [5.74, 6) is 2.22. The number of hydrogen-bond donors (Lipinski definition) is 1. The maximum atomic E-state index is 14.5. The zero-order valence-electron chi connectivity index (χ0n) is 22.9.